The van der Waals surface area contributed by atoms with Crippen LogP contribution in [-0.2, 0) is 32.7 Å². The molecule has 0 aliphatic heterocycles. The van der Waals surface area contributed by atoms with Gasteiger partial charge in [-0.1, -0.05) is 126 Å². The Balaban J connectivity index is 4.27. The highest BCUT2D eigenvalue weighted by molar-refractivity contribution is 7.47. The normalized spacial score (nSPS) is 14.9. The van der Waals surface area contributed by atoms with Gasteiger partial charge < -0.3 is 25.2 Å². The van der Waals surface area contributed by atoms with Gasteiger partial charge in [-0.2, -0.15) is 0 Å². The van der Waals surface area contributed by atoms with E-state index in [4.69, 9.17) is 24.8 Å². The number of aliphatic carboxylic acids is 1. The number of carbonyl (C=O) groups excluding carboxylic acids is 1. The second kappa shape index (κ2) is 34.1. The molecule has 0 rings (SSSR count). The summed E-state index contributed by atoms with van der Waals surface area (Å²) in [6.45, 7) is 3.62. The molecular weight excluding hydrogens is 645 g/mol. The molecule has 0 aliphatic carbocycles. The first-order valence-corrected chi connectivity index (χ1v) is 19.8. The highest BCUT2D eigenvalue weighted by atomic mass is 31.2. The molecule has 4 N–H and O–H groups in total. The summed E-state index contributed by atoms with van der Waals surface area (Å²) in [7, 11) is -4.61. The van der Waals surface area contributed by atoms with Gasteiger partial charge in [-0.05, 0) is 57.8 Å². The number of carboxylic acid groups (broad SMARTS) is 1. The third-order valence-electron chi connectivity index (χ3n) is 7.31. The van der Waals surface area contributed by atoms with E-state index in [1.54, 1.807) is 0 Å². The zero-order valence-corrected chi connectivity index (χ0v) is 31.2. The predicted octanol–water partition coefficient (Wildman–Crippen LogP) is 9.30. The number of ether oxygens (including phenoxy) is 2. The predicted molar refractivity (Wildman–Crippen MR) is 198 cm³/mol. The van der Waals surface area contributed by atoms with E-state index >= 15 is 0 Å². The smallest absolute Gasteiger partial charge is 0.472 e. The molecule has 0 aromatic carbocycles. The summed E-state index contributed by atoms with van der Waals surface area (Å²) in [6.07, 6.45) is 38.7. The van der Waals surface area contributed by atoms with Gasteiger partial charge in [0, 0.05) is 13.0 Å². The van der Waals surface area contributed by atoms with Crippen LogP contribution in [0.5, 0.6) is 0 Å². The Labute approximate surface area is 296 Å². The van der Waals surface area contributed by atoms with Crippen LogP contribution in [-0.4, -0.2) is 60.5 Å². The zero-order chi connectivity index (χ0) is 36.3. The first kappa shape index (κ1) is 46.7. The summed E-state index contributed by atoms with van der Waals surface area (Å²) < 4.78 is 33.0. The van der Waals surface area contributed by atoms with Crippen molar-refractivity contribution in [3.8, 4) is 0 Å². The lowest BCUT2D eigenvalue weighted by Gasteiger charge is -2.20. The molecule has 0 aromatic rings. The molecule has 0 radical (unpaired) electrons. The van der Waals surface area contributed by atoms with Crippen molar-refractivity contribution >= 4 is 19.8 Å². The molecule has 0 heterocycles. The third kappa shape index (κ3) is 33.9. The fraction of sp³-hybridized carbons (Fsp3) is 0.684. The number of phosphoric acid groups is 1. The Hall–Kier alpha value is -2.33. The molecule has 10 nitrogen and oxygen atoms in total. The van der Waals surface area contributed by atoms with Crippen LogP contribution in [0.1, 0.15) is 129 Å². The molecule has 11 heteroatoms. The van der Waals surface area contributed by atoms with Crippen LogP contribution in [0.3, 0.4) is 0 Å². The van der Waals surface area contributed by atoms with E-state index in [1.165, 1.54) is 19.3 Å². The van der Waals surface area contributed by atoms with Crippen LogP contribution in [0.4, 0.5) is 0 Å². The number of carbonyl (C=O) groups is 2. The van der Waals surface area contributed by atoms with Crippen molar-refractivity contribution in [2.24, 2.45) is 5.73 Å². The minimum absolute atomic E-state index is 0.00255. The Morgan fingerprint density at radius 3 is 1.78 bits per heavy atom. The minimum Gasteiger partial charge on any atom is -0.480 e. The number of esters is 1. The van der Waals surface area contributed by atoms with E-state index in [2.05, 4.69) is 79.1 Å². The number of rotatable bonds is 34. The Kier molecular flexibility index (Phi) is 32.5. The molecule has 282 valence electrons. The molecule has 0 amide bonds. The molecule has 3 unspecified atom stereocenters. The van der Waals surface area contributed by atoms with Crippen molar-refractivity contribution < 1.29 is 42.7 Å². The largest absolute Gasteiger partial charge is 0.480 e. The molecule has 0 aliphatic rings. The van der Waals surface area contributed by atoms with E-state index in [0.29, 0.717) is 13.0 Å². The molecule has 0 fully saturated rings. The summed E-state index contributed by atoms with van der Waals surface area (Å²) in [5.74, 6) is -1.80. The summed E-state index contributed by atoms with van der Waals surface area (Å²) in [4.78, 5) is 33.2. The van der Waals surface area contributed by atoms with Crippen LogP contribution < -0.4 is 5.73 Å². The summed E-state index contributed by atoms with van der Waals surface area (Å²) in [6, 6.07) is -1.48. The Bertz CT molecular complexity index is 1010. The monoisotopic (exact) mass is 711 g/mol. The van der Waals surface area contributed by atoms with Crippen molar-refractivity contribution in [1.29, 1.82) is 0 Å². The van der Waals surface area contributed by atoms with Crippen LogP contribution in [0.2, 0.25) is 0 Å². The quantitative estimate of drug-likeness (QED) is 0.0255. The van der Waals surface area contributed by atoms with Crippen LogP contribution in [0.15, 0.2) is 60.8 Å². The number of phosphoric ester groups is 1. The molecular formula is C38H66NO9P. The molecule has 0 saturated heterocycles. The van der Waals surface area contributed by atoms with Crippen LogP contribution in [0, 0.1) is 0 Å². The van der Waals surface area contributed by atoms with E-state index in [1.807, 2.05) is 0 Å². The Morgan fingerprint density at radius 1 is 0.673 bits per heavy atom. The maximum absolute atomic E-state index is 12.4. The Morgan fingerprint density at radius 2 is 1.18 bits per heavy atom. The number of hydrogen-bond donors (Lipinski definition) is 3. The van der Waals surface area contributed by atoms with E-state index in [0.717, 1.165) is 83.5 Å². The number of carboxylic acids is 1. The van der Waals surface area contributed by atoms with E-state index < -0.39 is 45.1 Å². The standard InChI is InChI=1S/C38H66NO9P/c1-3-5-7-9-11-12-13-14-15-16-17-18-19-20-21-22-23-25-27-29-31-45-32-35(33-46-49(43,44)47-34-36(39)38(41)42)48-37(40)30-28-26-24-10-8-6-4-2/h5,7,11-12,14-15,17-18,20-21,35-36H,3-4,6,8-10,13,16,19,22-34,39H2,1-2H3,(H,41,42)(H,43,44)/b7-5-,12-11-,15-14-,18-17-,21-20-. The third-order valence-corrected chi connectivity index (χ3v) is 8.26. The molecule has 0 spiro atoms. The second-order valence-corrected chi connectivity index (χ2v) is 13.4. The lowest BCUT2D eigenvalue weighted by molar-refractivity contribution is -0.154. The van der Waals surface area contributed by atoms with Gasteiger partial charge in [0.2, 0.25) is 0 Å². The molecule has 0 aromatic heterocycles. The first-order chi connectivity index (χ1) is 23.7. The van der Waals surface area contributed by atoms with E-state index in [-0.39, 0.29) is 13.0 Å². The number of hydrogen-bond acceptors (Lipinski definition) is 8. The SMILES string of the molecule is CC/C=C\C/C=C\C/C=C\C/C=C\C/C=C\CCCCCCOCC(COP(=O)(O)OCC(N)C(=O)O)OC(=O)CCCCCCCCC. The lowest BCUT2D eigenvalue weighted by Crippen LogP contribution is -2.34. The maximum Gasteiger partial charge on any atom is 0.472 e. The van der Waals surface area contributed by atoms with Gasteiger partial charge in [-0.25, -0.2) is 4.57 Å². The number of allylic oxidation sites excluding steroid dienone is 10. The number of nitrogens with two attached hydrogens (primary N) is 1. The van der Waals surface area contributed by atoms with Crippen molar-refractivity contribution in [2.45, 2.75) is 142 Å². The highest BCUT2D eigenvalue weighted by Crippen LogP contribution is 2.43. The highest BCUT2D eigenvalue weighted by Gasteiger charge is 2.27. The topological polar surface area (TPSA) is 155 Å². The summed E-state index contributed by atoms with van der Waals surface area (Å²) in [5.41, 5.74) is 5.32. The van der Waals surface area contributed by atoms with Gasteiger partial charge in [0.1, 0.15) is 12.1 Å². The van der Waals surface area contributed by atoms with Gasteiger partial charge in [0.15, 0.2) is 0 Å². The van der Waals surface area contributed by atoms with Gasteiger partial charge in [0.25, 0.3) is 0 Å². The van der Waals surface area contributed by atoms with Crippen molar-refractivity contribution in [3.05, 3.63) is 60.8 Å². The van der Waals surface area contributed by atoms with Gasteiger partial charge >= 0.3 is 19.8 Å². The van der Waals surface area contributed by atoms with Gasteiger partial charge in [-0.3, -0.25) is 18.6 Å². The molecule has 49 heavy (non-hydrogen) atoms. The summed E-state index contributed by atoms with van der Waals surface area (Å²) >= 11 is 0. The van der Waals surface area contributed by atoms with Crippen molar-refractivity contribution in [3.63, 3.8) is 0 Å². The van der Waals surface area contributed by atoms with Gasteiger partial charge in [-0.15, -0.1) is 0 Å². The summed E-state index contributed by atoms with van der Waals surface area (Å²) in [5, 5.41) is 8.84. The van der Waals surface area contributed by atoms with Crippen LogP contribution >= 0.6 is 7.82 Å². The lowest BCUT2D eigenvalue weighted by atomic mass is 10.1. The minimum atomic E-state index is -4.61. The van der Waals surface area contributed by atoms with Crippen molar-refractivity contribution in [2.75, 3.05) is 26.4 Å². The zero-order valence-electron chi connectivity index (χ0n) is 30.3. The van der Waals surface area contributed by atoms with Crippen LogP contribution in [0.25, 0.3) is 0 Å². The fourth-order valence-electron chi connectivity index (χ4n) is 4.45. The molecule has 0 bridgehead atoms. The number of unbranched alkanes of at least 4 members (excludes halogenated alkanes) is 10. The first-order valence-electron chi connectivity index (χ1n) is 18.3. The molecule has 3 atom stereocenters. The van der Waals surface area contributed by atoms with Gasteiger partial charge in [0.05, 0.1) is 19.8 Å². The average molecular weight is 712 g/mol. The van der Waals surface area contributed by atoms with Crippen molar-refractivity contribution in [1.82, 2.24) is 0 Å². The average Bonchev–Trinajstić information content (AvgIpc) is 3.07. The fourth-order valence-corrected chi connectivity index (χ4v) is 5.23. The maximum atomic E-state index is 12.4. The molecule has 0 saturated carbocycles. The van der Waals surface area contributed by atoms with E-state index in [9.17, 15) is 19.0 Å². The second-order valence-electron chi connectivity index (χ2n) is 12.0.